The number of hydrogen-bond acceptors (Lipinski definition) is 4. The zero-order chi connectivity index (χ0) is 9.35. The van der Waals surface area contributed by atoms with Gasteiger partial charge in [-0.25, -0.2) is 0 Å². The van der Waals surface area contributed by atoms with Crippen LogP contribution in [0.2, 0.25) is 0 Å². The molecule has 0 aliphatic heterocycles. The summed E-state index contributed by atoms with van der Waals surface area (Å²) in [5.74, 6) is -0.0972. The maximum Gasteiger partial charge on any atom is 0.353 e. The monoisotopic (exact) mass is 194 g/mol. The Labute approximate surface area is 69.0 Å². The molecule has 0 atom stereocenters. The first-order valence-electron chi connectivity index (χ1n) is 2.97. The van der Waals surface area contributed by atoms with Gasteiger partial charge in [0.1, 0.15) is 0 Å². The van der Waals surface area contributed by atoms with E-state index in [1.807, 2.05) is 0 Å². The Morgan fingerprint density at radius 2 is 2.25 bits per heavy atom. The first-order valence-corrected chi connectivity index (χ1v) is 4.36. The molecule has 7 heteroatoms. The molecule has 1 aromatic rings. The van der Waals surface area contributed by atoms with E-state index in [9.17, 15) is 12.3 Å². The van der Waals surface area contributed by atoms with Crippen molar-refractivity contribution in [2.75, 3.05) is 7.11 Å². The van der Waals surface area contributed by atoms with Crippen molar-refractivity contribution >= 4 is 10.2 Å². The van der Waals surface area contributed by atoms with Gasteiger partial charge in [0.25, 0.3) is 0 Å². The molecule has 1 heterocycles. The lowest BCUT2D eigenvalue weighted by atomic mass is 10.6. The van der Waals surface area contributed by atoms with Crippen LogP contribution in [0, 0.1) is 0 Å². The predicted molar refractivity (Wildman–Crippen MR) is 38.1 cm³/mol. The molecule has 0 fully saturated rings. The average Bonchev–Trinajstić information content (AvgIpc) is 2.29. The lowest BCUT2D eigenvalue weighted by molar-refractivity contribution is 0.396. The van der Waals surface area contributed by atoms with Gasteiger partial charge in [-0.15, -0.1) is 0 Å². The van der Waals surface area contributed by atoms with E-state index in [1.54, 1.807) is 0 Å². The lowest BCUT2D eigenvalue weighted by Gasteiger charge is -1.98. The molecule has 0 aliphatic rings. The molecule has 0 saturated heterocycles. The van der Waals surface area contributed by atoms with E-state index in [2.05, 4.69) is 9.84 Å². The fraction of sp³-hybridized carbons (Fsp3) is 0.400. The smallest absolute Gasteiger partial charge is 0.353 e. The van der Waals surface area contributed by atoms with Crippen LogP contribution < -0.4 is 4.74 Å². The molecular weight excluding hydrogens is 187 g/mol. The molecule has 0 saturated carbocycles. The lowest BCUT2D eigenvalue weighted by Crippen LogP contribution is -2.03. The normalized spacial score (nSPS) is 11.6. The fourth-order valence-electron chi connectivity index (χ4n) is 0.824. The van der Waals surface area contributed by atoms with Crippen molar-refractivity contribution in [3.8, 4) is 5.75 Å². The number of ether oxygens (including phenoxy) is 1. The number of halogens is 1. The van der Waals surface area contributed by atoms with Crippen LogP contribution in [0.25, 0.3) is 0 Å². The van der Waals surface area contributed by atoms with Crippen molar-refractivity contribution in [3.63, 3.8) is 0 Å². The summed E-state index contributed by atoms with van der Waals surface area (Å²) in [5.41, 5.74) is 0. The fourth-order valence-corrected chi connectivity index (χ4v) is 1.56. The summed E-state index contributed by atoms with van der Waals surface area (Å²) in [5, 5.41) is 2.96. The highest BCUT2D eigenvalue weighted by Crippen LogP contribution is 2.23. The van der Waals surface area contributed by atoms with Crippen LogP contribution in [0.3, 0.4) is 0 Å². The maximum absolute atomic E-state index is 12.5. The first kappa shape index (κ1) is 8.98. The minimum absolute atomic E-state index is 0.0972. The van der Waals surface area contributed by atoms with Gasteiger partial charge in [-0.05, 0) is 0 Å². The van der Waals surface area contributed by atoms with E-state index in [1.165, 1.54) is 14.2 Å². The second-order valence-electron chi connectivity index (χ2n) is 2.08. The SMILES string of the molecule is COc1cnn(C)c1S(=O)(=O)F. The van der Waals surface area contributed by atoms with Gasteiger partial charge in [0.2, 0.25) is 5.03 Å². The minimum Gasteiger partial charge on any atom is -0.492 e. The Morgan fingerprint density at radius 1 is 1.67 bits per heavy atom. The van der Waals surface area contributed by atoms with Crippen LogP contribution in [0.4, 0.5) is 3.89 Å². The largest absolute Gasteiger partial charge is 0.492 e. The van der Waals surface area contributed by atoms with Crippen molar-refractivity contribution in [2.45, 2.75) is 5.03 Å². The van der Waals surface area contributed by atoms with E-state index in [0.29, 0.717) is 0 Å². The molecule has 0 bridgehead atoms. The van der Waals surface area contributed by atoms with Crippen molar-refractivity contribution in [1.82, 2.24) is 9.78 Å². The number of methoxy groups -OCH3 is 1. The third-order valence-corrected chi connectivity index (χ3v) is 2.23. The molecular formula is C5H7FN2O3S. The number of hydrogen-bond donors (Lipinski definition) is 0. The zero-order valence-electron chi connectivity index (χ0n) is 6.48. The molecule has 0 aromatic carbocycles. The molecule has 0 radical (unpaired) electrons. The molecule has 5 nitrogen and oxygen atoms in total. The molecule has 0 spiro atoms. The molecule has 0 N–H and O–H groups in total. The van der Waals surface area contributed by atoms with E-state index in [-0.39, 0.29) is 5.75 Å². The van der Waals surface area contributed by atoms with Crippen molar-refractivity contribution in [3.05, 3.63) is 6.20 Å². The third-order valence-electron chi connectivity index (χ3n) is 1.30. The van der Waals surface area contributed by atoms with E-state index in [0.717, 1.165) is 10.9 Å². The Kier molecular flexibility index (Phi) is 2.05. The molecule has 68 valence electrons. The van der Waals surface area contributed by atoms with Crippen LogP contribution in [-0.2, 0) is 17.3 Å². The number of aromatic nitrogens is 2. The van der Waals surface area contributed by atoms with Gasteiger partial charge < -0.3 is 4.74 Å². The highest BCUT2D eigenvalue weighted by molar-refractivity contribution is 7.86. The first-order chi connectivity index (χ1) is 5.46. The summed E-state index contributed by atoms with van der Waals surface area (Å²) in [4.78, 5) is 0. The Hall–Kier alpha value is -1.11. The summed E-state index contributed by atoms with van der Waals surface area (Å²) in [7, 11) is -2.20. The van der Waals surface area contributed by atoms with Gasteiger partial charge in [0, 0.05) is 7.05 Å². The molecule has 0 unspecified atom stereocenters. The van der Waals surface area contributed by atoms with Crippen LogP contribution >= 0.6 is 0 Å². The van der Waals surface area contributed by atoms with Crippen molar-refractivity contribution < 1.29 is 17.0 Å². The van der Waals surface area contributed by atoms with E-state index in [4.69, 9.17) is 0 Å². The van der Waals surface area contributed by atoms with Crippen LogP contribution in [0.15, 0.2) is 11.2 Å². The summed E-state index contributed by atoms with van der Waals surface area (Å²) in [6, 6.07) is 0. The minimum atomic E-state index is -4.76. The average molecular weight is 194 g/mol. The number of aryl methyl sites for hydroxylation is 1. The number of rotatable bonds is 2. The van der Waals surface area contributed by atoms with Gasteiger partial charge in [0.05, 0.1) is 13.3 Å². The molecule has 1 rings (SSSR count). The second kappa shape index (κ2) is 2.74. The maximum atomic E-state index is 12.5. The molecule has 1 aromatic heterocycles. The Bertz CT molecular complexity index is 383. The van der Waals surface area contributed by atoms with Gasteiger partial charge in [-0.2, -0.15) is 13.5 Å². The summed E-state index contributed by atoms with van der Waals surface area (Å²) < 4.78 is 39.0. The van der Waals surface area contributed by atoms with Crippen LogP contribution in [-0.4, -0.2) is 25.3 Å². The summed E-state index contributed by atoms with van der Waals surface area (Å²) in [6.07, 6.45) is 1.13. The quantitative estimate of drug-likeness (QED) is 0.626. The van der Waals surface area contributed by atoms with Gasteiger partial charge in [0.15, 0.2) is 5.75 Å². The molecule has 0 aliphatic carbocycles. The van der Waals surface area contributed by atoms with Crippen LogP contribution in [0.5, 0.6) is 5.75 Å². The van der Waals surface area contributed by atoms with Gasteiger partial charge >= 0.3 is 10.2 Å². The highest BCUT2D eigenvalue weighted by Gasteiger charge is 2.23. The topological polar surface area (TPSA) is 61.2 Å². The van der Waals surface area contributed by atoms with Gasteiger partial charge in [-0.3, -0.25) is 4.68 Å². The predicted octanol–water partition coefficient (Wildman–Crippen LogP) is 0.0869. The Balaban J connectivity index is 3.39. The second-order valence-corrected chi connectivity index (χ2v) is 3.34. The van der Waals surface area contributed by atoms with Crippen LogP contribution in [0.1, 0.15) is 0 Å². The summed E-state index contributed by atoms with van der Waals surface area (Å²) >= 11 is 0. The molecule has 0 amide bonds. The van der Waals surface area contributed by atoms with Crippen molar-refractivity contribution in [1.29, 1.82) is 0 Å². The van der Waals surface area contributed by atoms with Gasteiger partial charge in [-0.1, -0.05) is 3.89 Å². The van der Waals surface area contributed by atoms with E-state index < -0.39 is 15.2 Å². The number of nitrogens with zero attached hydrogens (tertiary/aromatic N) is 2. The highest BCUT2D eigenvalue weighted by atomic mass is 32.3. The Morgan fingerprint density at radius 3 is 2.58 bits per heavy atom. The standard InChI is InChI=1S/C5H7FN2O3S/c1-8-5(12(6,9)10)4(11-2)3-7-8/h3H,1-2H3. The van der Waals surface area contributed by atoms with E-state index >= 15 is 0 Å². The summed E-state index contributed by atoms with van der Waals surface area (Å²) in [6.45, 7) is 0. The third kappa shape index (κ3) is 1.40. The molecule has 12 heavy (non-hydrogen) atoms. The zero-order valence-corrected chi connectivity index (χ0v) is 7.30. The van der Waals surface area contributed by atoms with Crippen molar-refractivity contribution in [2.24, 2.45) is 7.05 Å².